The maximum Gasteiger partial charge on any atom is 0.433 e. The van der Waals surface area contributed by atoms with Crippen molar-refractivity contribution in [3.8, 4) is 33.6 Å². The number of alkyl halides is 3. The highest BCUT2D eigenvalue weighted by atomic mass is 19.4. The van der Waals surface area contributed by atoms with Crippen molar-refractivity contribution in [2.45, 2.75) is 76.7 Å². The monoisotopic (exact) mass is 808 g/mol. The molecule has 2 saturated carbocycles. The van der Waals surface area contributed by atoms with Crippen LogP contribution in [0.25, 0.3) is 33.6 Å². The summed E-state index contributed by atoms with van der Waals surface area (Å²) in [5, 5.41) is 5.64. The number of H-pyrrole nitrogens is 2. The molecule has 6 atom stereocenters. The summed E-state index contributed by atoms with van der Waals surface area (Å²) in [6.45, 7) is 4.47. The van der Waals surface area contributed by atoms with Crippen LogP contribution in [-0.2, 0) is 27.0 Å². The Labute approximate surface area is 339 Å². The molecule has 4 heterocycles. The largest absolute Gasteiger partial charge is 0.453 e. The molecule has 0 radical (unpaired) electrons. The van der Waals surface area contributed by atoms with Crippen LogP contribution in [-0.4, -0.2) is 67.4 Å². The third-order valence-electron chi connectivity index (χ3n) is 12.3. The fourth-order valence-corrected chi connectivity index (χ4v) is 9.25. The van der Waals surface area contributed by atoms with Crippen LogP contribution in [0, 0.1) is 23.7 Å². The minimum Gasteiger partial charge on any atom is -0.453 e. The van der Waals surface area contributed by atoms with E-state index in [-0.39, 0.29) is 48.1 Å². The Morgan fingerprint density at radius 1 is 0.814 bits per heavy atom. The number of ether oxygens (including phenoxy) is 1. The van der Waals surface area contributed by atoms with E-state index in [1.54, 1.807) is 11.1 Å². The Balaban J connectivity index is 0.905. The van der Waals surface area contributed by atoms with E-state index in [1.807, 2.05) is 44.3 Å². The zero-order chi connectivity index (χ0) is 41.4. The molecule has 1 aliphatic heterocycles. The van der Waals surface area contributed by atoms with E-state index in [0.29, 0.717) is 23.9 Å². The number of benzene rings is 2. The number of rotatable bonds is 11. The molecule has 0 spiro atoms. The van der Waals surface area contributed by atoms with Gasteiger partial charge in [-0.3, -0.25) is 14.6 Å². The van der Waals surface area contributed by atoms with E-state index in [2.05, 4.69) is 54.8 Å². The summed E-state index contributed by atoms with van der Waals surface area (Å²) >= 11 is 0. The van der Waals surface area contributed by atoms with Gasteiger partial charge in [0, 0.05) is 25.2 Å². The lowest BCUT2D eigenvalue weighted by Crippen LogP contribution is -2.51. The number of hydrogen-bond acceptors (Lipinski definition) is 7. The molecule has 12 nitrogen and oxygen atoms in total. The average molecular weight is 809 g/mol. The molecule has 5 aromatic rings. The van der Waals surface area contributed by atoms with Crippen LogP contribution in [0.2, 0.25) is 0 Å². The predicted octanol–water partition coefficient (Wildman–Crippen LogP) is 8.04. The van der Waals surface area contributed by atoms with Crippen LogP contribution >= 0.6 is 0 Å². The van der Waals surface area contributed by atoms with Gasteiger partial charge in [-0.1, -0.05) is 68.4 Å². The van der Waals surface area contributed by atoms with E-state index < -0.39 is 24.0 Å². The van der Waals surface area contributed by atoms with Crippen molar-refractivity contribution < 1.29 is 32.3 Å². The van der Waals surface area contributed by atoms with Crippen molar-refractivity contribution in [3.05, 3.63) is 102 Å². The minimum absolute atomic E-state index is 0.0656. The SMILES string of the molecule is COC(=O)N[C@H](C(=O)N1CCC[C@H]1c1ncc(-c2ccc(-c3ccc(-c4cnc(C5C6CCC(C6)[C@@H]5C(=O)NCc5ccc(C(F)(F)F)nc5)[nH]4)cc3)cc2)[nH]1)C(C)C. The molecule has 3 aliphatic rings. The molecule has 2 aliphatic carbocycles. The van der Waals surface area contributed by atoms with Crippen LogP contribution in [0.4, 0.5) is 18.0 Å². The molecular formula is C44H47F3N8O4. The first-order valence-corrected chi connectivity index (χ1v) is 20.1. The molecule has 1 saturated heterocycles. The fraction of sp³-hybridized carbons (Fsp3) is 0.409. The molecule has 15 heteroatoms. The Morgan fingerprint density at radius 2 is 1.42 bits per heavy atom. The number of hydrogen-bond donors (Lipinski definition) is 4. The number of aromatic nitrogens is 5. The fourth-order valence-electron chi connectivity index (χ4n) is 9.25. The number of alkyl carbamates (subject to hydrolysis) is 1. The number of carbonyl (C=O) groups is 3. The summed E-state index contributed by atoms with van der Waals surface area (Å²) in [4.78, 5) is 60.7. The highest BCUT2D eigenvalue weighted by Gasteiger charge is 2.52. The Kier molecular flexibility index (Phi) is 11.0. The molecular weight excluding hydrogens is 762 g/mol. The normalized spacial score (nSPS) is 21.8. The molecule has 3 amide bonds. The van der Waals surface area contributed by atoms with Crippen molar-refractivity contribution in [1.82, 2.24) is 40.5 Å². The summed E-state index contributed by atoms with van der Waals surface area (Å²) in [5.74, 6) is 1.35. The van der Waals surface area contributed by atoms with Crippen molar-refractivity contribution in [1.29, 1.82) is 0 Å². The lowest BCUT2D eigenvalue weighted by Gasteiger charge is -2.30. The number of aromatic amines is 2. The zero-order valence-electron chi connectivity index (χ0n) is 33.1. The number of likely N-dealkylation sites (tertiary alicyclic amines) is 1. The molecule has 8 rings (SSSR count). The summed E-state index contributed by atoms with van der Waals surface area (Å²) in [6.07, 6.45) is 4.17. The van der Waals surface area contributed by atoms with Gasteiger partial charge in [0.2, 0.25) is 11.8 Å². The first-order chi connectivity index (χ1) is 28.4. The second-order valence-corrected chi connectivity index (χ2v) is 16.2. The molecule has 59 heavy (non-hydrogen) atoms. The molecule has 3 unspecified atom stereocenters. The number of halogens is 3. The number of fused-ring (bicyclic) bond motifs is 2. The summed E-state index contributed by atoms with van der Waals surface area (Å²) in [6, 6.07) is 17.8. The Bertz CT molecular complexity index is 2290. The van der Waals surface area contributed by atoms with E-state index in [1.165, 1.54) is 13.2 Å². The van der Waals surface area contributed by atoms with Crippen molar-refractivity contribution in [2.75, 3.05) is 13.7 Å². The minimum atomic E-state index is -4.51. The quantitative estimate of drug-likeness (QED) is 0.105. The van der Waals surface area contributed by atoms with Crippen LogP contribution < -0.4 is 10.6 Å². The third-order valence-corrected chi connectivity index (χ3v) is 12.3. The predicted molar refractivity (Wildman–Crippen MR) is 213 cm³/mol. The van der Waals surface area contributed by atoms with Crippen LogP contribution in [0.15, 0.2) is 79.3 Å². The third kappa shape index (κ3) is 8.19. The number of nitrogens with zero attached hydrogens (tertiary/aromatic N) is 4. The van der Waals surface area contributed by atoms with E-state index in [0.717, 1.165) is 83.8 Å². The molecule has 308 valence electrons. The molecule has 3 aromatic heterocycles. The first kappa shape index (κ1) is 39.8. The van der Waals surface area contributed by atoms with Crippen molar-refractivity contribution in [2.24, 2.45) is 23.7 Å². The maximum atomic E-state index is 13.5. The van der Waals surface area contributed by atoms with Crippen LogP contribution in [0.5, 0.6) is 0 Å². The Morgan fingerprint density at radius 3 is 2.02 bits per heavy atom. The Hall–Kier alpha value is -5.99. The van der Waals surface area contributed by atoms with Crippen molar-refractivity contribution >= 4 is 17.9 Å². The molecule has 3 fully saturated rings. The zero-order valence-corrected chi connectivity index (χ0v) is 33.1. The first-order valence-electron chi connectivity index (χ1n) is 20.1. The van der Waals surface area contributed by atoms with E-state index in [4.69, 9.17) is 9.72 Å². The maximum absolute atomic E-state index is 13.5. The number of carbonyl (C=O) groups excluding carboxylic acids is 3. The van der Waals surface area contributed by atoms with Gasteiger partial charge in [-0.2, -0.15) is 13.2 Å². The number of nitrogens with one attached hydrogen (secondary N) is 4. The summed E-state index contributed by atoms with van der Waals surface area (Å²) in [5.41, 5.74) is 5.26. The lowest BCUT2D eigenvalue weighted by molar-refractivity contribution is -0.141. The second-order valence-electron chi connectivity index (χ2n) is 16.2. The molecule has 2 bridgehead atoms. The summed E-state index contributed by atoms with van der Waals surface area (Å²) < 4.78 is 43.6. The van der Waals surface area contributed by atoms with Gasteiger partial charge in [0.1, 0.15) is 23.4 Å². The smallest absolute Gasteiger partial charge is 0.433 e. The number of amides is 3. The topological polar surface area (TPSA) is 158 Å². The second kappa shape index (κ2) is 16.3. The standard InChI is InChI=1S/C44H47F3N8O4/c1-24(2)38(54-43(58)59-3)42(57)55-18-4-5-34(55)39-49-22-32(52-39)28-11-7-26(8-12-28)27-9-13-29(14-10-27)33-23-50-40(53-33)36-30-15-16-31(19-30)37(36)41(56)51-21-25-6-17-35(48-20-25)44(45,46)47/h6-14,17,20,22-24,30-31,34,36-38H,4-5,15-16,18-19,21H2,1-3H3,(H,49,52)(H,50,53)(H,51,56)(H,54,58)/t30?,31?,34-,36?,37-,38-/m0/s1. The number of pyridine rings is 1. The van der Waals surface area contributed by atoms with Gasteiger partial charge in [-0.05, 0) is 83.7 Å². The number of imidazole rings is 2. The van der Waals surface area contributed by atoms with Crippen LogP contribution in [0.3, 0.4) is 0 Å². The lowest BCUT2D eigenvalue weighted by atomic mass is 9.78. The number of methoxy groups -OCH3 is 1. The molecule has 4 N–H and O–H groups in total. The average Bonchev–Trinajstić information content (AvgIpc) is 4.10. The van der Waals surface area contributed by atoms with Gasteiger partial charge < -0.3 is 30.2 Å². The van der Waals surface area contributed by atoms with E-state index in [9.17, 15) is 27.6 Å². The van der Waals surface area contributed by atoms with Gasteiger partial charge in [0.25, 0.3) is 0 Å². The van der Waals surface area contributed by atoms with Gasteiger partial charge in [0.15, 0.2) is 0 Å². The van der Waals surface area contributed by atoms with Gasteiger partial charge in [0.05, 0.1) is 42.9 Å². The van der Waals surface area contributed by atoms with Gasteiger partial charge in [-0.25, -0.2) is 14.8 Å². The molecule has 2 aromatic carbocycles. The van der Waals surface area contributed by atoms with Gasteiger partial charge >= 0.3 is 12.3 Å². The summed E-state index contributed by atoms with van der Waals surface area (Å²) in [7, 11) is 1.28. The van der Waals surface area contributed by atoms with Crippen LogP contribution in [0.1, 0.15) is 80.8 Å². The highest BCUT2D eigenvalue weighted by molar-refractivity contribution is 5.86. The van der Waals surface area contributed by atoms with E-state index >= 15 is 0 Å². The highest BCUT2D eigenvalue weighted by Crippen LogP contribution is 2.56. The van der Waals surface area contributed by atoms with Crippen molar-refractivity contribution in [3.63, 3.8) is 0 Å². The van der Waals surface area contributed by atoms with Gasteiger partial charge in [-0.15, -0.1) is 0 Å².